The third-order valence-corrected chi connectivity index (χ3v) is 7.07. The molecular weight excluding hydrogens is 394 g/mol. The molecule has 0 bridgehead atoms. The van der Waals surface area contributed by atoms with Crippen LogP contribution in [0.3, 0.4) is 0 Å². The van der Waals surface area contributed by atoms with E-state index in [1.165, 1.54) is 25.7 Å². The third kappa shape index (κ3) is 4.19. The van der Waals surface area contributed by atoms with Gasteiger partial charge >= 0.3 is 0 Å². The van der Waals surface area contributed by atoms with Gasteiger partial charge in [0.15, 0.2) is 0 Å². The van der Waals surface area contributed by atoms with Crippen molar-refractivity contribution in [3.8, 4) is 5.75 Å². The first kappa shape index (κ1) is 19.5. The second kappa shape index (κ2) is 8.72. The fraction of sp³-hybridized carbons (Fsp3) is 0.417. The highest BCUT2D eigenvalue weighted by molar-refractivity contribution is 8.14. The highest BCUT2D eigenvalue weighted by Gasteiger charge is 2.22. The number of anilines is 1. The molecule has 0 radical (unpaired) electrons. The van der Waals surface area contributed by atoms with Gasteiger partial charge in [-0.05, 0) is 50.0 Å². The third-order valence-electron chi connectivity index (χ3n) is 5.92. The second-order valence-electron chi connectivity index (χ2n) is 8.23. The summed E-state index contributed by atoms with van der Waals surface area (Å²) in [4.78, 5) is 19.2. The molecule has 1 aliphatic heterocycles. The Morgan fingerprint density at radius 3 is 2.93 bits per heavy atom. The predicted octanol–water partition coefficient (Wildman–Crippen LogP) is 5.59. The number of rotatable bonds is 7. The van der Waals surface area contributed by atoms with E-state index in [0.29, 0.717) is 12.5 Å². The lowest BCUT2D eigenvalue weighted by Crippen LogP contribution is -2.14. The summed E-state index contributed by atoms with van der Waals surface area (Å²) in [6, 6.07) is 6.97. The van der Waals surface area contributed by atoms with Gasteiger partial charge in [0, 0.05) is 29.7 Å². The second-order valence-corrected chi connectivity index (χ2v) is 9.24. The van der Waals surface area contributed by atoms with E-state index in [1.54, 1.807) is 11.8 Å². The Morgan fingerprint density at radius 2 is 2.13 bits per heavy atom. The van der Waals surface area contributed by atoms with Crippen LogP contribution in [0.25, 0.3) is 10.9 Å². The van der Waals surface area contributed by atoms with Crippen LogP contribution in [0, 0.1) is 0 Å². The number of fused-ring (bicyclic) bond motifs is 1. The van der Waals surface area contributed by atoms with Gasteiger partial charge < -0.3 is 19.8 Å². The molecule has 6 heteroatoms. The molecule has 0 saturated heterocycles. The number of thioether (sulfide) groups is 1. The number of nitrogens with one attached hydrogen (secondary N) is 2. The number of allylic oxidation sites excluding steroid dienone is 3. The monoisotopic (exact) mass is 421 g/mol. The molecule has 2 heterocycles. The van der Waals surface area contributed by atoms with Crippen molar-refractivity contribution < 1.29 is 9.53 Å². The van der Waals surface area contributed by atoms with Crippen molar-refractivity contribution in [1.29, 1.82) is 0 Å². The maximum Gasteiger partial charge on any atom is 0.130 e. The average Bonchev–Trinajstić information content (AvgIpc) is 3.49. The van der Waals surface area contributed by atoms with Gasteiger partial charge in [0.25, 0.3) is 0 Å². The highest BCUT2D eigenvalue weighted by Crippen LogP contribution is 2.35. The van der Waals surface area contributed by atoms with Crippen LogP contribution in [0.2, 0.25) is 0 Å². The van der Waals surface area contributed by atoms with Crippen molar-refractivity contribution in [3.05, 3.63) is 47.9 Å². The summed E-state index contributed by atoms with van der Waals surface area (Å²) in [7, 11) is 0. The Balaban J connectivity index is 1.49. The number of H-pyrrole nitrogens is 1. The van der Waals surface area contributed by atoms with Crippen molar-refractivity contribution >= 4 is 39.7 Å². The zero-order valence-electron chi connectivity index (χ0n) is 17.0. The van der Waals surface area contributed by atoms with Gasteiger partial charge in [-0.25, -0.2) is 0 Å². The smallest absolute Gasteiger partial charge is 0.130 e. The first-order valence-corrected chi connectivity index (χ1v) is 11.9. The normalized spacial score (nSPS) is 21.7. The first-order chi connectivity index (χ1) is 14.8. The number of aldehydes is 1. The maximum atomic E-state index is 10.8. The molecule has 2 aliphatic carbocycles. The van der Waals surface area contributed by atoms with Gasteiger partial charge in [-0.1, -0.05) is 18.9 Å². The number of ether oxygens (including phenoxy) is 1. The molecule has 5 rings (SSSR count). The lowest BCUT2D eigenvalue weighted by atomic mass is 10.1. The number of carbonyl (C=O) groups is 1. The Bertz CT molecular complexity index is 1030. The van der Waals surface area contributed by atoms with Crippen LogP contribution < -0.4 is 10.1 Å². The molecule has 1 unspecified atom stereocenters. The molecule has 3 aliphatic rings. The van der Waals surface area contributed by atoms with Gasteiger partial charge in [-0.15, -0.1) is 11.8 Å². The van der Waals surface area contributed by atoms with Gasteiger partial charge in [-0.2, -0.15) is 0 Å². The van der Waals surface area contributed by atoms with Crippen LogP contribution in [0.4, 0.5) is 5.69 Å². The van der Waals surface area contributed by atoms with E-state index in [2.05, 4.69) is 46.7 Å². The molecule has 2 N–H and O–H groups in total. The first-order valence-electron chi connectivity index (χ1n) is 10.9. The van der Waals surface area contributed by atoms with Crippen LogP contribution in [0.5, 0.6) is 5.75 Å². The quantitative estimate of drug-likeness (QED) is 0.572. The molecule has 5 nitrogen and oxygen atoms in total. The number of aromatic nitrogens is 1. The van der Waals surface area contributed by atoms with Crippen molar-refractivity contribution in [2.75, 3.05) is 11.1 Å². The molecule has 1 aromatic heterocycles. The molecule has 0 spiro atoms. The fourth-order valence-corrected chi connectivity index (χ4v) is 5.44. The van der Waals surface area contributed by atoms with E-state index in [4.69, 9.17) is 9.73 Å². The van der Waals surface area contributed by atoms with Gasteiger partial charge in [0.2, 0.25) is 0 Å². The number of hydrogen-bond acceptors (Lipinski definition) is 5. The van der Waals surface area contributed by atoms with E-state index >= 15 is 0 Å². The summed E-state index contributed by atoms with van der Waals surface area (Å²) in [5, 5.41) is 5.86. The summed E-state index contributed by atoms with van der Waals surface area (Å²) in [5.41, 5.74) is 3.21. The minimum absolute atomic E-state index is 0.0916. The molecular formula is C24H27N3O2S. The summed E-state index contributed by atoms with van der Waals surface area (Å²) in [6.45, 7) is 0. The van der Waals surface area contributed by atoms with Crippen molar-refractivity contribution in [1.82, 2.24) is 4.98 Å². The minimum Gasteiger partial charge on any atom is -0.458 e. The summed E-state index contributed by atoms with van der Waals surface area (Å²) in [6.07, 6.45) is 14.9. The van der Waals surface area contributed by atoms with Gasteiger partial charge in [-0.3, -0.25) is 4.99 Å². The molecule has 1 aromatic carbocycles. The van der Waals surface area contributed by atoms with E-state index in [9.17, 15) is 4.79 Å². The molecule has 2 aromatic rings. The number of aliphatic imine (C=N–C) groups is 1. The summed E-state index contributed by atoms with van der Waals surface area (Å²) >= 11 is 1.72. The molecule has 1 fully saturated rings. The largest absolute Gasteiger partial charge is 0.458 e. The van der Waals surface area contributed by atoms with Gasteiger partial charge in [0.05, 0.1) is 22.9 Å². The van der Waals surface area contributed by atoms with Crippen molar-refractivity contribution in [3.63, 3.8) is 0 Å². The number of hydrogen-bond donors (Lipinski definition) is 2. The van der Waals surface area contributed by atoms with Crippen LogP contribution in [0.1, 0.15) is 50.6 Å². The SMILES string of the molecule is O=CCC1CSC(c2cc3cc(OC4=CCCC=C4)cc(NC4CCCC4)c3[nH]2)=N1. The molecule has 30 heavy (non-hydrogen) atoms. The van der Waals surface area contributed by atoms with Gasteiger partial charge in [0.1, 0.15) is 22.8 Å². The number of nitrogens with zero attached hydrogens (tertiary/aromatic N) is 1. The molecule has 0 amide bonds. The predicted molar refractivity (Wildman–Crippen MR) is 125 cm³/mol. The lowest BCUT2D eigenvalue weighted by Gasteiger charge is -2.16. The molecule has 1 atom stereocenters. The van der Waals surface area contributed by atoms with Crippen LogP contribution in [0.15, 0.2) is 47.2 Å². The van der Waals surface area contributed by atoms with Crippen LogP contribution >= 0.6 is 11.8 Å². The maximum absolute atomic E-state index is 10.8. The van der Waals surface area contributed by atoms with E-state index < -0.39 is 0 Å². The Labute approximate surface area is 181 Å². The topological polar surface area (TPSA) is 66.5 Å². The van der Waals surface area contributed by atoms with E-state index in [1.807, 2.05) is 0 Å². The fourth-order valence-electron chi connectivity index (χ4n) is 4.39. The number of benzene rings is 1. The Hall–Kier alpha value is -2.47. The summed E-state index contributed by atoms with van der Waals surface area (Å²) < 4.78 is 6.20. The Kier molecular flexibility index (Phi) is 5.67. The Morgan fingerprint density at radius 1 is 1.23 bits per heavy atom. The molecule has 1 saturated carbocycles. The average molecular weight is 422 g/mol. The standard InChI is InChI=1S/C24H27N3O2S/c28-11-10-18-15-30-24(26-18)22-13-16-12-20(29-19-8-2-1-3-9-19)14-21(23(16)27-22)25-17-6-4-5-7-17/h2,8-9,11-14,17-18,25,27H,1,3-7,10,15H2. The molecule has 156 valence electrons. The minimum atomic E-state index is 0.0916. The van der Waals surface area contributed by atoms with Crippen LogP contribution in [-0.2, 0) is 4.79 Å². The van der Waals surface area contributed by atoms with E-state index in [-0.39, 0.29) is 6.04 Å². The number of aromatic amines is 1. The van der Waals surface area contributed by atoms with Crippen LogP contribution in [-0.4, -0.2) is 34.2 Å². The zero-order valence-corrected chi connectivity index (χ0v) is 17.8. The van der Waals surface area contributed by atoms with Crippen molar-refractivity contribution in [2.45, 2.75) is 57.0 Å². The lowest BCUT2D eigenvalue weighted by molar-refractivity contribution is -0.108. The summed E-state index contributed by atoms with van der Waals surface area (Å²) in [5.74, 6) is 2.63. The highest BCUT2D eigenvalue weighted by atomic mass is 32.2. The van der Waals surface area contributed by atoms with E-state index in [0.717, 1.165) is 63.7 Å². The van der Waals surface area contributed by atoms with Crippen molar-refractivity contribution in [2.24, 2.45) is 4.99 Å². The zero-order chi connectivity index (χ0) is 20.3. The number of carbonyl (C=O) groups excluding carboxylic acids is 1.